The number of nitro groups is 1. The van der Waals surface area contributed by atoms with Crippen LogP contribution in [0.15, 0.2) is 60.8 Å². The molecule has 2 aromatic carbocycles. The van der Waals surface area contributed by atoms with E-state index in [1.54, 1.807) is 18.3 Å². The highest BCUT2D eigenvalue weighted by molar-refractivity contribution is 5.67. The first-order chi connectivity index (χ1) is 11.1. The molecule has 0 aliphatic carbocycles. The Morgan fingerprint density at radius 3 is 2.61 bits per heavy atom. The number of para-hydroxylation sites is 1. The second kappa shape index (κ2) is 6.10. The Bertz CT molecular complexity index is 853. The van der Waals surface area contributed by atoms with Gasteiger partial charge in [-0.25, -0.2) is 9.97 Å². The van der Waals surface area contributed by atoms with E-state index in [9.17, 15) is 15.2 Å². The van der Waals surface area contributed by atoms with Gasteiger partial charge in [-0.2, -0.15) is 0 Å². The third-order valence-electron chi connectivity index (χ3n) is 3.15. The molecule has 3 rings (SSSR count). The molecule has 0 aliphatic rings. The highest BCUT2D eigenvalue weighted by Crippen LogP contribution is 2.30. The van der Waals surface area contributed by atoms with Crippen LogP contribution in [0.2, 0.25) is 0 Å². The number of anilines is 2. The molecule has 114 valence electrons. The number of nitrogens with zero attached hydrogens (tertiary/aromatic N) is 3. The molecular weight excluding hydrogens is 296 g/mol. The van der Waals surface area contributed by atoms with Crippen molar-refractivity contribution in [1.82, 2.24) is 9.97 Å². The lowest BCUT2D eigenvalue weighted by molar-refractivity contribution is -0.385. The monoisotopic (exact) mass is 308 g/mol. The van der Waals surface area contributed by atoms with Gasteiger partial charge in [0.25, 0.3) is 0 Å². The summed E-state index contributed by atoms with van der Waals surface area (Å²) in [4.78, 5) is 18.7. The third-order valence-corrected chi connectivity index (χ3v) is 3.15. The van der Waals surface area contributed by atoms with Crippen molar-refractivity contribution in [1.29, 1.82) is 0 Å². The summed E-state index contributed by atoms with van der Waals surface area (Å²) in [5.41, 5.74) is 1.51. The minimum atomic E-state index is -0.636. The summed E-state index contributed by atoms with van der Waals surface area (Å²) in [7, 11) is 0. The number of phenolic OH excluding ortho intramolecular Hbond substituents is 1. The van der Waals surface area contributed by atoms with Crippen LogP contribution in [0.4, 0.5) is 17.3 Å². The smallest absolute Gasteiger partial charge is 0.311 e. The van der Waals surface area contributed by atoms with E-state index < -0.39 is 4.92 Å². The molecule has 0 bridgehead atoms. The Morgan fingerprint density at radius 1 is 1.09 bits per heavy atom. The molecule has 0 saturated carbocycles. The number of aromatic nitrogens is 2. The molecule has 1 heterocycles. The fraction of sp³-hybridized carbons (Fsp3) is 0. The first-order valence-electron chi connectivity index (χ1n) is 6.76. The average Bonchev–Trinajstić information content (AvgIpc) is 2.56. The zero-order chi connectivity index (χ0) is 16.2. The molecule has 0 fully saturated rings. The molecule has 0 spiro atoms. The van der Waals surface area contributed by atoms with Gasteiger partial charge in [-0.05, 0) is 30.3 Å². The number of benzene rings is 2. The molecule has 23 heavy (non-hydrogen) atoms. The second-order valence-electron chi connectivity index (χ2n) is 4.72. The SMILES string of the molecule is O=[N+]([O-])c1cc(-c2ccnc(Nc3ccccc3)n2)ccc1O. The van der Waals surface area contributed by atoms with Crippen LogP contribution >= 0.6 is 0 Å². The fourth-order valence-electron chi connectivity index (χ4n) is 2.06. The molecule has 7 heteroatoms. The van der Waals surface area contributed by atoms with Gasteiger partial charge in [0.1, 0.15) is 0 Å². The van der Waals surface area contributed by atoms with Gasteiger partial charge in [0.15, 0.2) is 5.75 Å². The summed E-state index contributed by atoms with van der Waals surface area (Å²) in [6.45, 7) is 0. The van der Waals surface area contributed by atoms with Crippen LogP contribution in [0.1, 0.15) is 0 Å². The Balaban J connectivity index is 1.94. The highest BCUT2D eigenvalue weighted by atomic mass is 16.6. The minimum absolute atomic E-state index is 0.362. The second-order valence-corrected chi connectivity index (χ2v) is 4.72. The number of nitro benzene ring substituents is 1. The van der Waals surface area contributed by atoms with Crippen molar-refractivity contribution in [3.05, 3.63) is 70.9 Å². The van der Waals surface area contributed by atoms with Crippen LogP contribution in [0, 0.1) is 10.1 Å². The average molecular weight is 308 g/mol. The summed E-state index contributed by atoms with van der Waals surface area (Å²) in [6.07, 6.45) is 1.56. The maximum absolute atomic E-state index is 10.9. The summed E-state index contributed by atoms with van der Waals surface area (Å²) in [5.74, 6) is -0.000122. The van der Waals surface area contributed by atoms with Gasteiger partial charge >= 0.3 is 5.69 Å². The van der Waals surface area contributed by atoms with Crippen LogP contribution in [0.25, 0.3) is 11.3 Å². The Labute approximate surface area is 131 Å². The van der Waals surface area contributed by atoms with E-state index in [-0.39, 0.29) is 11.4 Å². The molecule has 1 aromatic heterocycles. The maximum atomic E-state index is 10.9. The van der Waals surface area contributed by atoms with Gasteiger partial charge in [0, 0.05) is 23.5 Å². The summed E-state index contributed by atoms with van der Waals surface area (Å²) >= 11 is 0. The summed E-state index contributed by atoms with van der Waals surface area (Å²) in [5, 5.41) is 23.5. The van der Waals surface area contributed by atoms with E-state index in [4.69, 9.17) is 0 Å². The lowest BCUT2D eigenvalue weighted by Gasteiger charge is -2.07. The lowest BCUT2D eigenvalue weighted by Crippen LogP contribution is -1.98. The van der Waals surface area contributed by atoms with E-state index in [0.717, 1.165) is 5.69 Å². The van der Waals surface area contributed by atoms with Crippen LogP contribution < -0.4 is 5.32 Å². The molecule has 0 aliphatic heterocycles. The van der Waals surface area contributed by atoms with Crippen molar-refractivity contribution < 1.29 is 10.0 Å². The Kier molecular flexibility index (Phi) is 3.84. The Morgan fingerprint density at radius 2 is 1.87 bits per heavy atom. The van der Waals surface area contributed by atoms with E-state index in [1.807, 2.05) is 30.3 Å². The molecule has 0 unspecified atom stereocenters. The molecule has 2 N–H and O–H groups in total. The van der Waals surface area contributed by atoms with Crippen molar-refractivity contribution in [3.63, 3.8) is 0 Å². The van der Waals surface area contributed by atoms with Gasteiger partial charge in [-0.3, -0.25) is 10.1 Å². The normalized spacial score (nSPS) is 10.3. The van der Waals surface area contributed by atoms with Gasteiger partial charge in [-0.15, -0.1) is 0 Å². The molecule has 3 aromatic rings. The van der Waals surface area contributed by atoms with Gasteiger partial charge in [-0.1, -0.05) is 18.2 Å². The molecule has 0 amide bonds. The predicted octanol–water partition coefficient (Wildman–Crippen LogP) is 3.50. The number of hydrogen-bond donors (Lipinski definition) is 2. The number of aromatic hydroxyl groups is 1. The molecule has 7 nitrogen and oxygen atoms in total. The zero-order valence-electron chi connectivity index (χ0n) is 11.9. The third kappa shape index (κ3) is 3.24. The van der Waals surface area contributed by atoms with Crippen LogP contribution in [-0.2, 0) is 0 Å². The fourth-order valence-corrected chi connectivity index (χ4v) is 2.06. The summed E-state index contributed by atoms with van der Waals surface area (Å²) < 4.78 is 0. The largest absolute Gasteiger partial charge is 0.502 e. The van der Waals surface area contributed by atoms with Crippen molar-refractivity contribution >= 4 is 17.3 Å². The Hall–Kier alpha value is -3.48. The van der Waals surface area contributed by atoms with Crippen LogP contribution in [0.5, 0.6) is 5.75 Å². The number of nitrogens with one attached hydrogen (secondary N) is 1. The lowest BCUT2D eigenvalue weighted by atomic mass is 10.1. The van der Waals surface area contributed by atoms with Crippen LogP contribution in [0.3, 0.4) is 0 Å². The van der Waals surface area contributed by atoms with Crippen molar-refractivity contribution in [2.24, 2.45) is 0 Å². The van der Waals surface area contributed by atoms with Crippen molar-refractivity contribution in [2.75, 3.05) is 5.32 Å². The van der Waals surface area contributed by atoms with E-state index in [0.29, 0.717) is 17.2 Å². The number of phenols is 1. The van der Waals surface area contributed by atoms with E-state index in [1.165, 1.54) is 12.1 Å². The first-order valence-corrected chi connectivity index (χ1v) is 6.76. The van der Waals surface area contributed by atoms with E-state index in [2.05, 4.69) is 15.3 Å². The number of hydrogen-bond acceptors (Lipinski definition) is 6. The first kappa shape index (κ1) is 14.5. The molecule has 0 atom stereocenters. The topological polar surface area (TPSA) is 101 Å². The maximum Gasteiger partial charge on any atom is 0.311 e. The van der Waals surface area contributed by atoms with Gasteiger partial charge in [0.2, 0.25) is 5.95 Å². The minimum Gasteiger partial charge on any atom is -0.502 e. The highest BCUT2D eigenvalue weighted by Gasteiger charge is 2.15. The quantitative estimate of drug-likeness (QED) is 0.565. The molecule has 0 radical (unpaired) electrons. The van der Waals surface area contributed by atoms with E-state index >= 15 is 0 Å². The molecule has 0 saturated heterocycles. The van der Waals surface area contributed by atoms with Crippen molar-refractivity contribution in [3.8, 4) is 17.0 Å². The zero-order valence-corrected chi connectivity index (χ0v) is 11.9. The van der Waals surface area contributed by atoms with Crippen LogP contribution in [-0.4, -0.2) is 20.0 Å². The molecular formula is C16H12N4O3. The number of rotatable bonds is 4. The predicted molar refractivity (Wildman–Crippen MR) is 85.5 cm³/mol. The van der Waals surface area contributed by atoms with Gasteiger partial charge in [0.05, 0.1) is 10.6 Å². The van der Waals surface area contributed by atoms with Gasteiger partial charge < -0.3 is 10.4 Å². The van der Waals surface area contributed by atoms with Crippen molar-refractivity contribution in [2.45, 2.75) is 0 Å². The standard InChI is InChI=1S/C16H12N4O3/c21-15-7-6-11(10-14(15)20(22)23)13-8-9-17-16(19-13)18-12-4-2-1-3-5-12/h1-10,21H,(H,17,18,19). The summed E-state index contributed by atoms with van der Waals surface area (Å²) in [6, 6.07) is 15.2.